The molecule has 0 atom stereocenters. The normalized spacial score (nSPS) is 19.1. The van der Waals surface area contributed by atoms with Crippen LogP contribution in [0.4, 0.5) is 5.69 Å². The number of anilines is 1. The number of rotatable bonds is 4. The number of nitriles is 1. The second kappa shape index (κ2) is 6.15. The summed E-state index contributed by atoms with van der Waals surface area (Å²) in [6, 6.07) is 10.4. The van der Waals surface area contributed by atoms with Gasteiger partial charge in [0.25, 0.3) is 0 Å². The maximum atomic E-state index is 11.8. The fraction of sp³-hybridized carbons (Fsp3) is 0.500. The lowest BCUT2D eigenvalue weighted by Gasteiger charge is -2.36. The summed E-state index contributed by atoms with van der Waals surface area (Å²) in [5, 5.41) is 12.2. The van der Waals surface area contributed by atoms with Gasteiger partial charge in [0.1, 0.15) is 6.07 Å². The second-order valence-corrected chi connectivity index (χ2v) is 5.73. The maximum Gasteiger partial charge on any atom is 0.234 e. The molecule has 1 saturated heterocycles. The van der Waals surface area contributed by atoms with E-state index in [0.29, 0.717) is 12.6 Å². The van der Waals surface area contributed by atoms with Crippen molar-refractivity contribution in [2.45, 2.75) is 18.9 Å². The summed E-state index contributed by atoms with van der Waals surface area (Å²) in [6.07, 6.45) is 2.26. The molecule has 1 aliphatic heterocycles. The molecule has 110 valence electrons. The molecule has 2 fully saturated rings. The Hall–Kier alpha value is -2.06. The van der Waals surface area contributed by atoms with E-state index in [0.717, 1.165) is 50.3 Å². The summed E-state index contributed by atoms with van der Waals surface area (Å²) in [5.41, 5.74) is 1.72. The average Bonchev–Trinajstić information content (AvgIpc) is 3.32. The minimum absolute atomic E-state index is 0.142. The van der Waals surface area contributed by atoms with Crippen LogP contribution < -0.4 is 10.2 Å². The molecule has 1 aromatic carbocycles. The van der Waals surface area contributed by atoms with E-state index in [9.17, 15) is 4.79 Å². The van der Waals surface area contributed by atoms with Gasteiger partial charge < -0.3 is 10.2 Å². The van der Waals surface area contributed by atoms with E-state index in [-0.39, 0.29) is 5.91 Å². The number of hydrogen-bond donors (Lipinski definition) is 1. The molecule has 5 nitrogen and oxygen atoms in total. The molecule has 1 amide bonds. The zero-order chi connectivity index (χ0) is 14.7. The van der Waals surface area contributed by atoms with Crippen LogP contribution in [-0.2, 0) is 4.79 Å². The first-order chi connectivity index (χ1) is 10.3. The van der Waals surface area contributed by atoms with Crippen molar-refractivity contribution in [2.75, 3.05) is 37.6 Å². The first-order valence-corrected chi connectivity index (χ1v) is 7.52. The summed E-state index contributed by atoms with van der Waals surface area (Å²) >= 11 is 0. The van der Waals surface area contributed by atoms with Gasteiger partial charge in [0, 0.05) is 32.2 Å². The fourth-order valence-corrected chi connectivity index (χ4v) is 2.69. The Labute approximate surface area is 125 Å². The Morgan fingerprint density at radius 2 is 1.95 bits per heavy atom. The zero-order valence-corrected chi connectivity index (χ0v) is 12.1. The van der Waals surface area contributed by atoms with Gasteiger partial charge in [-0.15, -0.1) is 0 Å². The van der Waals surface area contributed by atoms with Crippen molar-refractivity contribution < 1.29 is 4.79 Å². The van der Waals surface area contributed by atoms with Gasteiger partial charge in [0.15, 0.2) is 0 Å². The third-order valence-corrected chi connectivity index (χ3v) is 4.05. The second-order valence-electron chi connectivity index (χ2n) is 5.73. The lowest BCUT2D eigenvalue weighted by atomic mass is 10.1. The summed E-state index contributed by atoms with van der Waals surface area (Å²) < 4.78 is 0. The predicted octanol–water partition coefficient (Wildman–Crippen LogP) is 0.959. The Kier molecular flexibility index (Phi) is 4.07. The van der Waals surface area contributed by atoms with Gasteiger partial charge in [-0.1, -0.05) is 12.1 Å². The Morgan fingerprint density at radius 3 is 2.62 bits per heavy atom. The number of carbonyl (C=O) groups is 1. The molecule has 0 aromatic heterocycles. The quantitative estimate of drug-likeness (QED) is 0.894. The van der Waals surface area contributed by atoms with Gasteiger partial charge >= 0.3 is 0 Å². The molecule has 0 spiro atoms. The van der Waals surface area contributed by atoms with Gasteiger partial charge in [-0.25, -0.2) is 0 Å². The van der Waals surface area contributed by atoms with Gasteiger partial charge in [0.2, 0.25) is 5.91 Å². The molecule has 1 N–H and O–H groups in total. The Morgan fingerprint density at radius 1 is 1.24 bits per heavy atom. The van der Waals surface area contributed by atoms with E-state index in [1.165, 1.54) is 0 Å². The molecule has 21 heavy (non-hydrogen) atoms. The van der Waals surface area contributed by atoms with Crippen LogP contribution in [-0.4, -0.2) is 49.6 Å². The van der Waals surface area contributed by atoms with Crippen LogP contribution in [0.25, 0.3) is 0 Å². The molecule has 1 aliphatic carbocycles. The highest BCUT2D eigenvalue weighted by atomic mass is 16.2. The maximum absolute atomic E-state index is 11.8. The molecule has 1 aromatic rings. The van der Waals surface area contributed by atoms with Crippen LogP contribution in [0, 0.1) is 11.3 Å². The minimum Gasteiger partial charge on any atom is -0.368 e. The molecule has 2 aliphatic rings. The van der Waals surface area contributed by atoms with Crippen LogP contribution >= 0.6 is 0 Å². The SMILES string of the molecule is N#Cc1ccccc1N1CCN(CC(=O)NC2CC2)CC1. The summed E-state index contributed by atoms with van der Waals surface area (Å²) in [4.78, 5) is 16.2. The van der Waals surface area contributed by atoms with Gasteiger partial charge in [-0.3, -0.25) is 9.69 Å². The highest BCUT2D eigenvalue weighted by Crippen LogP contribution is 2.21. The van der Waals surface area contributed by atoms with Crippen LogP contribution in [0.5, 0.6) is 0 Å². The zero-order valence-electron chi connectivity index (χ0n) is 12.1. The number of carbonyl (C=O) groups excluding carboxylic acids is 1. The van der Waals surface area contributed by atoms with E-state index >= 15 is 0 Å². The van der Waals surface area contributed by atoms with Crippen LogP contribution in [0.1, 0.15) is 18.4 Å². The van der Waals surface area contributed by atoms with E-state index < -0.39 is 0 Å². The van der Waals surface area contributed by atoms with Crippen LogP contribution in [0.15, 0.2) is 24.3 Å². The van der Waals surface area contributed by atoms with Gasteiger partial charge in [-0.2, -0.15) is 5.26 Å². The number of hydrogen-bond acceptors (Lipinski definition) is 4. The highest BCUT2D eigenvalue weighted by Gasteiger charge is 2.25. The van der Waals surface area contributed by atoms with Crippen molar-refractivity contribution in [3.63, 3.8) is 0 Å². The standard InChI is InChI=1S/C16H20N4O/c17-11-13-3-1-2-4-15(13)20-9-7-19(8-10-20)12-16(21)18-14-5-6-14/h1-4,14H,5-10,12H2,(H,18,21). The summed E-state index contributed by atoms with van der Waals surface area (Å²) in [6.45, 7) is 3.92. The molecule has 0 unspecified atom stereocenters. The van der Waals surface area contributed by atoms with E-state index in [4.69, 9.17) is 5.26 Å². The molecule has 1 heterocycles. The third kappa shape index (κ3) is 3.53. The van der Waals surface area contributed by atoms with Crippen molar-refractivity contribution >= 4 is 11.6 Å². The number of amides is 1. The monoisotopic (exact) mass is 284 g/mol. The molecular weight excluding hydrogens is 264 g/mol. The van der Waals surface area contributed by atoms with Crippen LogP contribution in [0.2, 0.25) is 0 Å². The first kappa shape index (κ1) is 13.9. The average molecular weight is 284 g/mol. The number of nitrogens with zero attached hydrogens (tertiary/aromatic N) is 3. The molecule has 0 bridgehead atoms. The summed E-state index contributed by atoms with van der Waals surface area (Å²) in [7, 11) is 0. The van der Waals surface area contributed by atoms with Crippen molar-refractivity contribution in [1.29, 1.82) is 5.26 Å². The number of nitrogens with one attached hydrogen (secondary N) is 1. The minimum atomic E-state index is 0.142. The molecule has 1 saturated carbocycles. The predicted molar refractivity (Wildman–Crippen MR) is 81.0 cm³/mol. The van der Waals surface area contributed by atoms with Crippen molar-refractivity contribution in [2.24, 2.45) is 0 Å². The summed E-state index contributed by atoms with van der Waals surface area (Å²) in [5.74, 6) is 0.142. The number of benzene rings is 1. The first-order valence-electron chi connectivity index (χ1n) is 7.52. The van der Waals surface area contributed by atoms with Gasteiger partial charge in [-0.05, 0) is 25.0 Å². The molecular formula is C16H20N4O. The molecule has 0 radical (unpaired) electrons. The Bertz CT molecular complexity index is 554. The number of piperazine rings is 1. The van der Waals surface area contributed by atoms with Gasteiger partial charge in [0.05, 0.1) is 17.8 Å². The lowest BCUT2D eigenvalue weighted by molar-refractivity contribution is -0.122. The Balaban J connectivity index is 1.52. The third-order valence-electron chi connectivity index (χ3n) is 4.05. The fourth-order valence-electron chi connectivity index (χ4n) is 2.69. The van der Waals surface area contributed by atoms with Crippen LogP contribution in [0.3, 0.4) is 0 Å². The largest absolute Gasteiger partial charge is 0.368 e. The lowest BCUT2D eigenvalue weighted by Crippen LogP contribution is -2.49. The van der Waals surface area contributed by atoms with E-state index in [1.54, 1.807) is 0 Å². The van der Waals surface area contributed by atoms with Crippen molar-refractivity contribution in [1.82, 2.24) is 10.2 Å². The van der Waals surface area contributed by atoms with E-state index in [2.05, 4.69) is 21.2 Å². The topological polar surface area (TPSA) is 59.4 Å². The highest BCUT2D eigenvalue weighted by molar-refractivity contribution is 5.78. The molecule has 5 heteroatoms. The molecule has 3 rings (SSSR count). The van der Waals surface area contributed by atoms with E-state index in [1.807, 2.05) is 24.3 Å². The number of para-hydroxylation sites is 1. The van der Waals surface area contributed by atoms with Crippen molar-refractivity contribution in [3.05, 3.63) is 29.8 Å². The smallest absolute Gasteiger partial charge is 0.234 e. The van der Waals surface area contributed by atoms with Crippen molar-refractivity contribution in [3.8, 4) is 6.07 Å².